The molecule has 1 fully saturated rings. The predicted octanol–water partition coefficient (Wildman–Crippen LogP) is 3.16. The van der Waals surface area contributed by atoms with Crippen molar-refractivity contribution in [1.82, 2.24) is 10.3 Å². The number of nitrogens with zero attached hydrogens (tertiary/aromatic N) is 1. The standard InChI is InChI=1S/C15H16ClN3O3S2/c1-15(6-7-24(21,22)9-15)19-13(20)18-14-17-12(8-23-14)10-2-4-11(16)5-3-10/h2-5,8H,6-7,9H2,1H3,(H2,17,18,19,20)/t15-/m1/s1. The van der Waals surface area contributed by atoms with Gasteiger partial charge >= 0.3 is 6.03 Å². The molecule has 1 aliphatic rings. The van der Waals surface area contributed by atoms with Crippen LogP contribution in [0, 0.1) is 0 Å². The van der Waals surface area contributed by atoms with Crippen LogP contribution in [0.5, 0.6) is 0 Å². The number of urea groups is 1. The van der Waals surface area contributed by atoms with E-state index in [0.29, 0.717) is 16.6 Å². The van der Waals surface area contributed by atoms with Crippen LogP contribution in [-0.4, -0.2) is 36.5 Å². The minimum atomic E-state index is -3.07. The molecular formula is C15H16ClN3O3S2. The van der Waals surface area contributed by atoms with Gasteiger partial charge in [0.1, 0.15) is 0 Å². The van der Waals surface area contributed by atoms with E-state index in [9.17, 15) is 13.2 Å². The van der Waals surface area contributed by atoms with Crippen LogP contribution in [0.25, 0.3) is 11.3 Å². The lowest BCUT2D eigenvalue weighted by Gasteiger charge is -2.23. The van der Waals surface area contributed by atoms with E-state index in [0.717, 1.165) is 11.3 Å². The van der Waals surface area contributed by atoms with Crippen molar-refractivity contribution in [1.29, 1.82) is 0 Å². The summed E-state index contributed by atoms with van der Waals surface area (Å²) in [5.74, 6) is 0.0586. The van der Waals surface area contributed by atoms with Gasteiger partial charge < -0.3 is 5.32 Å². The molecule has 2 aromatic rings. The zero-order chi connectivity index (χ0) is 17.4. The number of sulfone groups is 1. The first kappa shape index (κ1) is 17.2. The highest BCUT2D eigenvalue weighted by Gasteiger charge is 2.39. The molecule has 2 N–H and O–H groups in total. The average Bonchev–Trinajstić information content (AvgIpc) is 3.04. The van der Waals surface area contributed by atoms with Crippen LogP contribution in [-0.2, 0) is 9.84 Å². The molecule has 1 aliphatic heterocycles. The lowest BCUT2D eigenvalue weighted by Crippen LogP contribution is -2.48. The first-order valence-electron chi connectivity index (χ1n) is 7.26. The molecule has 1 aromatic carbocycles. The molecule has 3 rings (SSSR count). The smallest absolute Gasteiger partial charge is 0.321 e. The largest absolute Gasteiger partial charge is 0.332 e. The van der Waals surface area contributed by atoms with Crippen LogP contribution in [0.1, 0.15) is 13.3 Å². The molecule has 0 radical (unpaired) electrons. The molecule has 2 heterocycles. The van der Waals surface area contributed by atoms with Crippen LogP contribution >= 0.6 is 22.9 Å². The van der Waals surface area contributed by atoms with Gasteiger partial charge in [-0.25, -0.2) is 18.2 Å². The number of benzene rings is 1. The molecule has 0 bridgehead atoms. The Kier molecular flexibility index (Phi) is 4.54. The number of rotatable bonds is 3. The zero-order valence-electron chi connectivity index (χ0n) is 12.9. The van der Waals surface area contributed by atoms with E-state index in [1.807, 2.05) is 17.5 Å². The fraction of sp³-hybridized carbons (Fsp3) is 0.333. The lowest BCUT2D eigenvalue weighted by atomic mass is 10.0. The number of nitrogens with one attached hydrogen (secondary N) is 2. The van der Waals surface area contributed by atoms with Gasteiger partial charge in [-0.05, 0) is 25.5 Å². The number of carbonyl (C=O) groups is 1. The summed E-state index contributed by atoms with van der Waals surface area (Å²) in [7, 11) is -3.07. The Bertz CT molecular complexity index is 864. The lowest BCUT2D eigenvalue weighted by molar-refractivity contribution is 0.242. The van der Waals surface area contributed by atoms with E-state index in [2.05, 4.69) is 15.6 Å². The van der Waals surface area contributed by atoms with Crippen LogP contribution < -0.4 is 10.6 Å². The highest BCUT2D eigenvalue weighted by Crippen LogP contribution is 2.27. The number of amides is 2. The molecule has 128 valence electrons. The third-order valence-corrected chi connectivity index (χ3v) is 6.70. The van der Waals surface area contributed by atoms with E-state index in [1.165, 1.54) is 11.3 Å². The van der Waals surface area contributed by atoms with Gasteiger partial charge in [0, 0.05) is 16.0 Å². The summed E-state index contributed by atoms with van der Waals surface area (Å²) >= 11 is 7.16. The maximum Gasteiger partial charge on any atom is 0.321 e. The second-order valence-electron chi connectivity index (χ2n) is 6.03. The fourth-order valence-electron chi connectivity index (χ4n) is 2.60. The third kappa shape index (κ3) is 4.06. The number of halogens is 1. The fourth-order valence-corrected chi connectivity index (χ4v) is 5.53. The molecule has 0 unspecified atom stereocenters. The maximum absolute atomic E-state index is 12.1. The molecule has 1 saturated heterocycles. The zero-order valence-corrected chi connectivity index (χ0v) is 15.3. The maximum atomic E-state index is 12.1. The first-order chi connectivity index (χ1) is 11.2. The van der Waals surface area contributed by atoms with Crippen molar-refractivity contribution in [3.05, 3.63) is 34.7 Å². The summed E-state index contributed by atoms with van der Waals surface area (Å²) in [6.07, 6.45) is 0.413. The molecule has 1 atom stereocenters. The Morgan fingerprint density at radius 2 is 2.04 bits per heavy atom. The quantitative estimate of drug-likeness (QED) is 0.849. The summed E-state index contributed by atoms with van der Waals surface area (Å²) in [5.41, 5.74) is 0.902. The summed E-state index contributed by atoms with van der Waals surface area (Å²) in [6.45, 7) is 1.73. The second-order valence-corrected chi connectivity index (χ2v) is 9.51. The van der Waals surface area contributed by atoms with Crippen molar-refractivity contribution in [3.8, 4) is 11.3 Å². The SMILES string of the molecule is C[C@@]1(NC(=O)Nc2nc(-c3ccc(Cl)cc3)cs2)CCS(=O)(=O)C1. The van der Waals surface area contributed by atoms with Crippen LogP contribution in [0.15, 0.2) is 29.6 Å². The molecule has 0 saturated carbocycles. The van der Waals surface area contributed by atoms with Crippen molar-refractivity contribution in [2.24, 2.45) is 0 Å². The summed E-state index contributed by atoms with van der Waals surface area (Å²) in [6, 6.07) is 6.80. The number of hydrogen-bond donors (Lipinski definition) is 2. The molecular weight excluding hydrogens is 370 g/mol. The van der Waals surface area contributed by atoms with Crippen LogP contribution in [0.3, 0.4) is 0 Å². The van der Waals surface area contributed by atoms with Crippen LogP contribution in [0.4, 0.5) is 9.93 Å². The first-order valence-corrected chi connectivity index (χ1v) is 10.3. The number of aromatic nitrogens is 1. The van der Waals surface area contributed by atoms with Crippen molar-refractivity contribution < 1.29 is 13.2 Å². The van der Waals surface area contributed by atoms with Crippen molar-refractivity contribution in [2.45, 2.75) is 18.9 Å². The summed E-state index contributed by atoms with van der Waals surface area (Å²) < 4.78 is 23.2. The predicted molar refractivity (Wildman–Crippen MR) is 96.4 cm³/mol. The molecule has 9 heteroatoms. The second kappa shape index (κ2) is 6.34. The van der Waals surface area contributed by atoms with Gasteiger partial charge in [0.2, 0.25) is 0 Å². The monoisotopic (exact) mass is 385 g/mol. The molecule has 2 amide bonds. The summed E-state index contributed by atoms with van der Waals surface area (Å²) in [5, 5.41) is 8.32. The highest BCUT2D eigenvalue weighted by atomic mass is 35.5. The van der Waals surface area contributed by atoms with Gasteiger partial charge in [-0.1, -0.05) is 23.7 Å². The van der Waals surface area contributed by atoms with Gasteiger partial charge in [-0.15, -0.1) is 11.3 Å². The highest BCUT2D eigenvalue weighted by molar-refractivity contribution is 7.91. The third-order valence-electron chi connectivity index (χ3n) is 3.78. The van der Waals surface area contributed by atoms with Gasteiger partial charge in [0.05, 0.1) is 22.7 Å². The Labute approximate surface area is 149 Å². The van der Waals surface area contributed by atoms with E-state index in [4.69, 9.17) is 11.6 Å². The van der Waals surface area contributed by atoms with E-state index < -0.39 is 21.4 Å². The van der Waals surface area contributed by atoms with Gasteiger partial charge in [0.25, 0.3) is 0 Å². The molecule has 0 spiro atoms. The van der Waals surface area contributed by atoms with Crippen molar-refractivity contribution in [2.75, 3.05) is 16.8 Å². The Morgan fingerprint density at radius 1 is 1.33 bits per heavy atom. The number of thiazole rings is 1. The minimum absolute atomic E-state index is 0.0404. The Hall–Kier alpha value is -1.64. The van der Waals surface area contributed by atoms with E-state index >= 15 is 0 Å². The van der Waals surface area contributed by atoms with Crippen molar-refractivity contribution in [3.63, 3.8) is 0 Å². The van der Waals surface area contributed by atoms with Crippen LogP contribution in [0.2, 0.25) is 5.02 Å². The molecule has 1 aromatic heterocycles. The topological polar surface area (TPSA) is 88.2 Å². The Morgan fingerprint density at radius 3 is 2.67 bits per heavy atom. The average molecular weight is 386 g/mol. The van der Waals surface area contributed by atoms with Crippen molar-refractivity contribution >= 4 is 43.9 Å². The van der Waals surface area contributed by atoms with Gasteiger partial charge in [-0.2, -0.15) is 0 Å². The Balaban J connectivity index is 1.64. The number of hydrogen-bond acceptors (Lipinski definition) is 5. The normalized spacial score (nSPS) is 22.2. The van der Waals surface area contributed by atoms with Gasteiger partial charge in [0.15, 0.2) is 15.0 Å². The van der Waals surface area contributed by atoms with Gasteiger partial charge in [-0.3, -0.25) is 5.32 Å². The molecule has 6 nitrogen and oxygen atoms in total. The number of anilines is 1. The number of carbonyl (C=O) groups excluding carboxylic acids is 1. The minimum Gasteiger partial charge on any atom is -0.332 e. The summed E-state index contributed by atoms with van der Waals surface area (Å²) in [4.78, 5) is 16.5. The van der Waals surface area contributed by atoms with E-state index in [-0.39, 0.29) is 11.5 Å². The molecule has 24 heavy (non-hydrogen) atoms. The molecule has 0 aliphatic carbocycles. The van der Waals surface area contributed by atoms with E-state index in [1.54, 1.807) is 19.1 Å².